The van der Waals surface area contributed by atoms with Crippen molar-refractivity contribution in [2.45, 2.75) is 30.4 Å². The standard InChI is InChI=1S/C17H18ClN3O7S2/c18-17-19-8-12(29-17)9-28-11-1-3-13(4-2-11)30(26,27)21-6-5-10(16(23)24)7-14(21)15(22)20-25/h1-4,8,10,14,25H,5-7,9H2,(H,20,22)(H,23,24)/t10-,14-/m1/s1. The van der Waals surface area contributed by atoms with Crippen molar-refractivity contribution in [1.82, 2.24) is 14.8 Å². The summed E-state index contributed by atoms with van der Waals surface area (Å²) >= 11 is 7.03. The molecule has 0 radical (unpaired) electrons. The number of hydroxylamine groups is 1. The summed E-state index contributed by atoms with van der Waals surface area (Å²) in [6.45, 7) is 0.0553. The molecule has 1 aliphatic rings. The number of rotatable bonds is 7. The molecule has 30 heavy (non-hydrogen) atoms. The summed E-state index contributed by atoms with van der Waals surface area (Å²) in [6, 6.07) is 4.28. The van der Waals surface area contributed by atoms with E-state index in [-0.39, 0.29) is 30.9 Å². The number of aliphatic carboxylic acids is 1. The molecule has 2 heterocycles. The molecule has 2 atom stereocenters. The van der Waals surface area contributed by atoms with Crippen LogP contribution in [0.5, 0.6) is 5.75 Å². The molecule has 0 aliphatic carbocycles. The fraction of sp³-hybridized carbons (Fsp3) is 0.353. The van der Waals surface area contributed by atoms with Crippen LogP contribution < -0.4 is 10.2 Å². The van der Waals surface area contributed by atoms with Gasteiger partial charge in [-0.05, 0) is 37.1 Å². The number of benzene rings is 1. The van der Waals surface area contributed by atoms with Crippen molar-refractivity contribution in [3.8, 4) is 5.75 Å². The van der Waals surface area contributed by atoms with Gasteiger partial charge in [0.2, 0.25) is 10.0 Å². The lowest BCUT2D eigenvalue weighted by molar-refractivity contribution is -0.145. The van der Waals surface area contributed by atoms with Gasteiger partial charge in [-0.25, -0.2) is 18.9 Å². The maximum Gasteiger partial charge on any atom is 0.306 e. The zero-order valence-electron chi connectivity index (χ0n) is 15.4. The van der Waals surface area contributed by atoms with Gasteiger partial charge in [-0.3, -0.25) is 14.8 Å². The molecule has 13 heteroatoms. The highest BCUT2D eigenvalue weighted by Gasteiger charge is 2.42. The smallest absolute Gasteiger partial charge is 0.306 e. The fourth-order valence-corrected chi connectivity index (χ4v) is 5.62. The minimum atomic E-state index is -4.11. The van der Waals surface area contributed by atoms with Gasteiger partial charge in [0.15, 0.2) is 4.47 Å². The quantitative estimate of drug-likeness (QED) is 0.405. The van der Waals surface area contributed by atoms with Gasteiger partial charge in [-0.15, -0.1) is 11.3 Å². The van der Waals surface area contributed by atoms with Gasteiger partial charge in [0.1, 0.15) is 18.4 Å². The Labute approximate surface area is 181 Å². The van der Waals surface area contributed by atoms with E-state index in [0.29, 0.717) is 10.2 Å². The van der Waals surface area contributed by atoms with Gasteiger partial charge in [-0.2, -0.15) is 4.31 Å². The Kier molecular flexibility index (Phi) is 6.93. The van der Waals surface area contributed by atoms with Crippen molar-refractivity contribution in [3.05, 3.63) is 39.8 Å². The third-order valence-corrected chi connectivity index (χ3v) is 7.66. The van der Waals surface area contributed by atoms with Crippen LogP contribution in [0.15, 0.2) is 35.4 Å². The van der Waals surface area contributed by atoms with E-state index in [0.717, 1.165) is 9.18 Å². The molecule has 2 aromatic rings. The van der Waals surface area contributed by atoms with E-state index < -0.39 is 33.9 Å². The zero-order chi connectivity index (χ0) is 21.9. The number of aromatic nitrogens is 1. The van der Waals surface area contributed by atoms with Crippen molar-refractivity contribution in [2.24, 2.45) is 5.92 Å². The number of piperidine rings is 1. The van der Waals surface area contributed by atoms with Crippen LogP contribution in [0.3, 0.4) is 0 Å². The van der Waals surface area contributed by atoms with Crippen LogP contribution in [0.4, 0.5) is 0 Å². The molecule has 0 bridgehead atoms. The highest BCUT2D eigenvalue weighted by molar-refractivity contribution is 7.89. The number of thiazole rings is 1. The van der Waals surface area contributed by atoms with Crippen molar-refractivity contribution in [3.63, 3.8) is 0 Å². The SMILES string of the molecule is O=C(O)[C@@H]1CCN(S(=O)(=O)c2ccc(OCc3cnc(Cl)s3)cc2)[C@@H](C(=O)NO)C1. The number of nitrogens with zero attached hydrogens (tertiary/aromatic N) is 2. The van der Waals surface area contributed by atoms with Crippen LogP contribution >= 0.6 is 22.9 Å². The zero-order valence-corrected chi connectivity index (χ0v) is 17.8. The lowest BCUT2D eigenvalue weighted by Crippen LogP contribution is -2.53. The molecule has 1 amide bonds. The number of nitrogens with one attached hydrogen (secondary N) is 1. The van der Waals surface area contributed by atoms with Crippen LogP contribution in [0.1, 0.15) is 17.7 Å². The predicted molar refractivity (Wildman–Crippen MR) is 106 cm³/mol. The second-order valence-corrected chi connectivity index (χ2v) is 10.1. The molecular weight excluding hydrogens is 458 g/mol. The molecule has 1 fully saturated rings. The van der Waals surface area contributed by atoms with Crippen molar-refractivity contribution in [1.29, 1.82) is 0 Å². The lowest BCUT2D eigenvalue weighted by Gasteiger charge is -2.35. The van der Waals surface area contributed by atoms with Crippen LogP contribution in [-0.4, -0.2) is 52.5 Å². The maximum atomic E-state index is 13.0. The highest BCUT2D eigenvalue weighted by Crippen LogP contribution is 2.30. The lowest BCUT2D eigenvalue weighted by atomic mass is 9.92. The maximum absolute atomic E-state index is 13.0. The van der Waals surface area contributed by atoms with E-state index >= 15 is 0 Å². The molecule has 1 aromatic heterocycles. The highest BCUT2D eigenvalue weighted by atomic mass is 35.5. The molecular formula is C17H18ClN3O7S2. The number of hydrogen-bond donors (Lipinski definition) is 3. The van der Waals surface area contributed by atoms with Crippen LogP contribution in [0.25, 0.3) is 0 Å². The molecule has 1 aromatic carbocycles. The summed E-state index contributed by atoms with van der Waals surface area (Å²) in [5.41, 5.74) is 1.42. The largest absolute Gasteiger partial charge is 0.488 e. The first-order valence-corrected chi connectivity index (χ1v) is 11.4. The average Bonchev–Trinajstić information content (AvgIpc) is 3.16. The summed E-state index contributed by atoms with van der Waals surface area (Å²) < 4.78 is 33.0. The summed E-state index contributed by atoms with van der Waals surface area (Å²) in [5, 5.41) is 18.2. The van der Waals surface area contributed by atoms with Gasteiger partial charge in [0, 0.05) is 12.7 Å². The summed E-state index contributed by atoms with van der Waals surface area (Å²) in [4.78, 5) is 27.9. The first-order chi connectivity index (χ1) is 14.2. The number of hydrogen-bond acceptors (Lipinski definition) is 8. The topological polar surface area (TPSA) is 146 Å². The molecule has 10 nitrogen and oxygen atoms in total. The molecule has 3 N–H and O–H groups in total. The number of carbonyl (C=O) groups is 2. The van der Waals surface area contributed by atoms with Crippen molar-refractivity contribution in [2.75, 3.05) is 6.54 Å². The number of carboxylic acid groups (broad SMARTS) is 1. The second-order valence-electron chi connectivity index (χ2n) is 6.51. The molecule has 0 saturated carbocycles. The van der Waals surface area contributed by atoms with E-state index in [9.17, 15) is 23.1 Å². The Morgan fingerprint density at radius 1 is 1.33 bits per heavy atom. The molecule has 1 aliphatic heterocycles. The first-order valence-electron chi connectivity index (χ1n) is 8.74. The first kappa shape index (κ1) is 22.4. The molecule has 0 spiro atoms. The van der Waals surface area contributed by atoms with E-state index in [1.807, 2.05) is 0 Å². The number of carboxylic acids is 1. The summed E-state index contributed by atoms with van der Waals surface area (Å²) in [6.07, 6.45) is 1.40. The summed E-state index contributed by atoms with van der Waals surface area (Å²) in [5.74, 6) is -2.55. The molecule has 162 valence electrons. The van der Waals surface area contributed by atoms with Gasteiger partial charge < -0.3 is 9.84 Å². The predicted octanol–water partition coefficient (Wildman–Crippen LogP) is 1.73. The molecule has 1 saturated heterocycles. The van der Waals surface area contributed by atoms with E-state index in [2.05, 4.69) is 4.98 Å². The number of sulfonamides is 1. The number of halogens is 1. The monoisotopic (exact) mass is 475 g/mol. The molecule has 0 unspecified atom stereocenters. The van der Waals surface area contributed by atoms with E-state index in [1.54, 1.807) is 6.20 Å². The van der Waals surface area contributed by atoms with E-state index in [1.165, 1.54) is 41.1 Å². The third-order valence-electron chi connectivity index (χ3n) is 4.65. The Morgan fingerprint density at radius 2 is 2.03 bits per heavy atom. The molecule has 3 rings (SSSR count). The average molecular weight is 476 g/mol. The van der Waals surface area contributed by atoms with Gasteiger partial charge in [0.05, 0.1) is 15.7 Å². The number of amides is 1. The van der Waals surface area contributed by atoms with E-state index in [4.69, 9.17) is 21.5 Å². The van der Waals surface area contributed by atoms with Crippen LogP contribution in [-0.2, 0) is 26.2 Å². The van der Waals surface area contributed by atoms with Crippen molar-refractivity contribution < 1.29 is 33.1 Å². The minimum Gasteiger partial charge on any atom is -0.488 e. The Bertz CT molecular complexity index is 1030. The van der Waals surface area contributed by atoms with Crippen LogP contribution in [0, 0.1) is 5.92 Å². The normalized spacial score (nSPS) is 19.9. The third kappa shape index (κ3) is 4.90. The summed E-state index contributed by atoms with van der Waals surface area (Å²) in [7, 11) is -4.11. The Hall–Kier alpha value is -2.25. The van der Waals surface area contributed by atoms with Gasteiger partial charge in [-0.1, -0.05) is 11.6 Å². The Morgan fingerprint density at radius 3 is 2.60 bits per heavy atom. The van der Waals surface area contributed by atoms with Gasteiger partial charge >= 0.3 is 5.97 Å². The van der Waals surface area contributed by atoms with Crippen molar-refractivity contribution >= 4 is 44.8 Å². The Balaban J connectivity index is 1.76. The minimum absolute atomic E-state index is 0.0579. The number of ether oxygens (including phenoxy) is 1. The van der Waals surface area contributed by atoms with Gasteiger partial charge in [0.25, 0.3) is 5.91 Å². The van der Waals surface area contributed by atoms with Crippen LogP contribution in [0.2, 0.25) is 4.47 Å². The fourth-order valence-electron chi connectivity index (χ4n) is 3.12. The second kappa shape index (κ2) is 9.27. The number of carbonyl (C=O) groups excluding carboxylic acids is 1.